The Hall–Kier alpha value is -1.92. The summed E-state index contributed by atoms with van der Waals surface area (Å²) >= 11 is 3.33. The Morgan fingerprint density at radius 2 is 2.05 bits per heavy atom. The summed E-state index contributed by atoms with van der Waals surface area (Å²) in [5, 5.41) is 24.2. The molecule has 0 amide bonds. The molecule has 3 rings (SSSR count). The van der Waals surface area contributed by atoms with Gasteiger partial charge < -0.3 is 10.4 Å². The van der Waals surface area contributed by atoms with Gasteiger partial charge in [-0.25, -0.2) is 0 Å². The molecule has 1 aliphatic rings. The van der Waals surface area contributed by atoms with Gasteiger partial charge in [0.15, 0.2) is 0 Å². The van der Waals surface area contributed by atoms with Crippen molar-refractivity contribution in [3.8, 4) is 0 Å². The monoisotopic (exact) mass is 348 g/mol. The lowest BCUT2D eigenvalue weighted by Gasteiger charge is -2.20. The summed E-state index contributed by atoms with van der Waals surface area (Å²) in [7, 11) is 0. The first kappa shape index (κ1) is 14.0. The van der Waals surface area contributed by atoms with Crippen LogP contribution in [0, 0.1) is 10.1 Å². The van der Waals surface area contributed by atoms with Crippen LogP contribution in [0.25, 0.3) is 0 Å². The summed E-state index contributed by atoms with van der Waals surface area (Å²) < 4.78 is 0.605. The van der Waals surface area contributed by atoms with E-state index in [9.17, 15) is 15.2 Å². The standard InChI is InChI=1S/C15H13BrN2O3/c16-12-8-10(18(20)21)5-6-13(12)17-15-11-4-2-1-3-9(11)7-14(15)19/h1-6,8,14-15,17,19H,7H2/t14-,15+/m1/s1. The van der Waals surface area contributed by atoms with Crippen LogP contribution in [0.5, 0.6) is 0 Å². The fraction of sp³-hybridized carbons (Fsp3) is 0.200. The Morgan fingerprint density at radius 3 is 2.76 bits per heavy atom. The van der Waals surface area contributed by atoms with Crippen molar-refractivity contribution in [1.82, 2.24) is 0 Å². The fourth-order valence-corrected chi connectivity index (χ4v) is 3.13. The molecule has 6 heteroatoms. The number of aliphatic hydroxyl groups is 1. The average Bonchev–Trinajstić information content (AvgIpc) is 2.77. The van der Waals surface area contributed by atoms with E-state index in [0.717, 1.165) is 16.8 Å². The number of nitrogens with zero attached hydrogens (tertiary/aromatic N) is 1. The van der Waals surface area contributed by atoms with Crippen LogP contribution in [0.3, 0.4) is 0 Å². The highest BCUT2D eigenvalue weighted by atomic mass is 79.9. The lowest BCUT2D eigenvalue weighted by atomic mass is 10.1. The number of nitro groups is 1. The van der Waals surface area contributed by atoms with Gasteiger partial charge in [-0.1, -0.05) is 24.3 Å². The largest absolute Gasteiger partial charge is 0.390 e. The van der Waals surface area contributed by atoms with E-state index in [1.165, 1.54) is 12.1 Å². The second kappa shape index (κ2) is 5.46. The molecule has 2 aromatic carbocycles. The number of nitrogens with one attached hydrogen (secondary N) is 1. The van der Waals surface area contributed by atoms with Crippen molar-refractivity contribution in [2.45, 2.75) is 18.6 Å². The number of hydrogen-bond acceptors (Lipinski definition) is 4. The molecular formula is C15H13BrN2O3. The van der Waals surface area contributed by atoms with Crippen LogP contribution in [-0.2, 0) is 6.42 Å². The molecule has 0 saturated heterocycles. The molecule has 2 atom stereocenters. The number of rotatable bonds is 3. The summed E-state index contributed by atoms with van der Waals surface area (Å²) in [5.41, 5.74) is 2.94. The predicted molar refractivity (Wildman–Crippen MR) is 83.3 cm³/mol. The summed E-state index contributed by atoms with van der Waals surface area (Å²) in [6.45, 7) is 0. The summed E-state index contributed by atoms with van der Waals surface area (Å²) in [4.78, 5) is 10.3. The van der Waals surface area contributed by atoms with Crippen LogP contribution >= 0.6 is 15.9 Å². The molecule has 108 valence electrons. The van der Waals surface area contributed by atoms with E-state index in [0.29, 0.717) is 10.9 Å². The molecule has 2 N–H and O–H groups in total. The normalized spacial score (nSPS) is 20.1. The highest BCUT2D eigenvalue weighted by molar-refractivity contribution is 9.10. The van der Waals surface area contributed by atoms with Gasteiger partial charge in [0.1, 0.15) is 0 Å². The van der Waals surface area contributed by atoms with Gasteiger partial charge >= 0.3 is 0 Å². The van der Waals surface area contributed by atoms with Gasteiger partial charge in [-0.15, -0.1) is 0 Å². The van der Waals surface area contributed by atoms with Gasteiger partial charge in [-0.3, -0.25) is 10.1 Å². The molecule has 0 bridgehead atoms. The second-order valence-electron chi connectivity index (χ2n) is 5.01. The van der Waals surface area contributed by atoms with Gasteiger partial charge in [0, 0.05) is 28.7 Å². The maximum Gasteiger partial charge on any atom is 0.270 e. The van der Waals surface area contributed by atoms with E-state index in [2.05, 4.69) is 21.2 Å². The van der Waals surface area contributed by atoms with Crippen LogP contribution in [-0.4, -0.2) is 16.1 Å². The number of benzene rings is 2. The second-order valence-corrected chi connectivity index (χ2v) is 5.87. The van der Waals surface area contributed by atoms with Crippen molar-refractivity contribution in [3.63, 3.8) is 0 Å². The molecular weight excluding hydrogens is 336 g/mol. The number of hydrogen-bond donors (Lipinski definition) is 2. The highest BCUT2D eigenvalue weighted by Crippen LogP contribution is 2.36. The number of non-ortho nitro benzene ring substituents is 1. The van der Waals surface area contributed by atoms with Crippen LogP contribution in [0.1, 0.15) is 17.2 Å². The third-order valence-electron chi connectivity index (χ3n) is 3.68. The van der Waals surface area contributed by atoms with Crippen LogP contribution < -0.4 is 5.32 Å². The summed E-state index contributed by atoms with van der Waals surface area (Å²) in [5.74, 6) is 0. The molecule has 5 nitrogen and oxygen atoms in total. The van der Waals surface area contributed by atoms with Gasteiger partial charge in [-0.05, 0) is 33.1 Å². The molecule has 0 unspecified atom stereocenters. The minimum atomic E-state index is -0.510. The van der Waals surface area contributed by atoms with Crippen molar-refractivity contribution >= 4 is 27.3 Å². The van der Waals surface area contributed by atoms with Crippen molar-refractivity contribution in [2.75, 3.05) is 5.32 Å². The first-order valence-corrected chi connectivity index (χ1v) is 7.32. The average molecular weight is 349 g/mol. The molecule has 0 fully saturated rings. The van der Waals surface area contributed by atoms with E-state index < -0.39 is 11.0 Å². The van der Waals surface area contributed by atoms with Crippen molar-refractivity contribution in [2.24, 2.45) is 0 Å². The third-order valence-corrected chi connectivity index (χ3v) is 4.33. The molecule has 1 aliphatic carbocycles. The van der Waals surface area contributed by atoms with Crippen molar-refractivity contribution in [1.29, 1.82) is 0 Å². The first-order chi connectivity index (χ1) is 10.1. The molecule has 21 heavy (non-hydrogen) atoms. The van der Waals surface area contributed by atoms with Crippen LogP contribution in [0.4, 0.5) is 11.4 Å². The Morgan fingerprint density at radius 1 is 1.29 bits per heavy atom. The number of anilines is 1. The Bertz CT molecular complexity index is 705. The van der Waals surface area contributed by atoms with E-state index in [4.69, 9.17) is 0 Å². The van der Waals surface area contributed by atoms with Gasteiger partial charge in [0.2, 0.25) is 0 Å². The van der Waals surface area contributed by atoms with E-state index >= 15 is 0 Å². The quantitative estimate of drug-likeness (QED) is 0.658. The first-order valence-electron chi connectivity index (χ1n) is 6.52. The molecule has 0 radical (unpaired) electrons. The topological polar surface area (TPSA) is 75.4 Å². The highest BCUT2D eigenvalue weighted by Gasteiger charge is 2.31. The van der Waals surface area contributed by atoms with E-state index in [-0.39, 0.29) is 11.7 Å². The minimum Gasteiger partial charge on any atom is -0.390 e. The number of halogens is 1. The van der Waals surface area contributed by atoms with Gasteiger partial charge in [0.05, 0.1) is 17.1 Å². The molecule has 0 spiro atoms. The molecule has 0 saturated carbocycles. The van der Waals surface area contributed by atoms with Crippen molar-refractivity contribution in [3.05, 3.63) is 68.2 Å². The Balaban J connectivity index is 1.89. The third kappa shape index (κ3) is 2.64. The lowest BCUT2D eigenvalue weighted by molar-refractivity contribution is -0.384. The number of fused-ring (bicyclic) bond motifs is 1. The fourth-order valence-electron chi connectivity index (χ4n) is 2.65. The van der Waals surface area contributed by atoms with E-state index in [1.54, 1.807) is 6.07 Å². The predicted octanol–water partition coefficient (Wildman–Crippen LogP) is 3.43. The van der Waals surface area contributed by atoms with Crippen LogP contribution in [0.2, 0.25) is 0 Å². The van der Waals surface area contributed by atoms with Crippen LogP contribution in [0.15, 0.2) is 46.9 Å². The SMILES string of the molecule is O=[N+]([O-])c1ccc(N[C@H]2c3ccccc3C[C@H]2O)c(Br)c1. The summed E-state index contributed by atoms with van der Waals surface area (Å²) in [6, 6.07) is 12.2. The molecule has 0 aromatic heterocycles. The van der Waals surface area contributed by atoms with Gasteiger partial charge in [0.25, 0.3) is 5.69 Å². The molecule has 0 aliphatic heterocycles. The molecule has 2 aromatic rings. The zero-order valence-corrected chi connectivity index (χ0v) is 12.6. The number of aliphatic hydroxyl groups excluding tert-OH is 1. The maximum absolute atomic E-state index is 10.7. The lowest BCUT2D eigenvalue weighted by Crippen LogP contribution is -2.21. The maximum atomic E-state index is 10.7. The Labute approximate surface area is 129 Å². The zero-order valence-electron chi connectivity index (χ0n) is 11.0. The molecule has 0 heterocycles. The Kier molecular flexibility index (Phi) is 3.65. The van der Waals surface area contributed by atoms with E-state index in [1.807, 2.05) is 24.3 Å². The number of nitro benzene ring substituents is 1. The summed E-state index contributed by atoms with van der Waals surface area (Å²) in [6.07, 6.45) is 0.0998. The zero-order chi connectivity index (χ0) is 15.0. The smallest absolute Gasteiger partial charge is 0.270 e. The van der Waals surface area contributed by atoms with Gasteiger partial charge in [-0.2, -0.15) is 0 Å². The minimum absolute atomic E-state index is 0.0276. The van der Waals surface area contributed by atoms with Crippen molar-refractivity contribution < 1.29 is 10.0 Å².